The number of halogens is 1. The maximum Gasteiger partial charge on any atom is 0.256 e. The first-order chi connectivity index (χ1) is 13.5. The Morgan fingerprint density at radius 3 is 2.36 bits per heavy atom. The fourth-order valence-corrected chi connectivity index (χ4v) is 3.28. The maximum atomic E-state index is 13.8. The Kier molecular flexibility index (Phi) is 6.13. The highest BCUT2D eigenvalue weighted by Crippen LogP contribution is 2.27. The minimum Gasteiger partial charge on any atom is -0.493 e. The van der Waals surface area contributed by atoms with E-state index < -0.39 is 5.82 Å². The van der Waals surface area contributed by atoms with E-state index >= 15 is 0 Å². The molecule has 0 atom stereocenters. The van der Waals surface area contributed by atoms with Gasteiger partial charge in [-0.3, -0.25) is 9.59 Å². The molecule has 1 saturated heterocycles. The summed E-state index contributed by atoms with van der Waals surface area (Å²) in [5.41, 5.74) is 0.554. The van der Waals surface area contributed by atoms with Crippen LogP contribution in [0.1, 0.15) is 33.6 Å². The number of methoxy groups -OCH3 is 2. The molecule has 6 nitrogen and oxygen atoms in total. The van der Waals surface area contributed by atoms with Gasteiger partial charge < -0.3 is 19.7 Å². The van der Waals surface area contributed by atoms with Gasteiger partial charge in [0.2, 0.25) is 0 Å². The summed E-state index contributed by atoms with van der Waals surface area (Å²) >= 11 is 0. The van der Waals surface area contributed by atoms with E-state index in [1.807, 2.05) is 0 Å². The van der Waals surface area contributed by atoms with Crippen LogP contribution in [-0.4, -0.2) is 50.1 Å². The van der Waals surface area contributed by atoms with Crippen LogP contribution in [-0.2, 0) is 0 Å². The lowest BCUT2D eigenvalue weighted by Crippen LogP contribution is -2.46. The van der Waals surface area contributed by atoms with Gasteiger partial charge in [0, 0.05) is 24.7 Å². The van der Waals surface area contributed by atoms with Crippen LogP contribution in [0.4, 0.5) is 4.39 Å². The topological polar surface area (TPSA) is 67.9 Å². The molecule has 7 heteroatoms. The molecule has 2 amide bonds. The summed E-state index contributed by atoms with van der Waals surface area (Å²) in [7, 11) is 3.05. The van der Waals surface area contributed by atoms with Crippen molar-refractivity contribution >= 4 is 11.8 Å². The molecule has 1 N–H and O–H groups in total. The van der Waals surface area contributed by atoms with Crippen molar-refractivity contribution in [1.82, 2.24) is 10.2 Å². The lowest BCUT2D eigenvalue weighted by molar-refractivity contribution is 0.0693. The van der Waals surface area contributed by atoms with Crippen molar-refractivity contribution in [3.05, 3.63) is 59.4 Å². The third kappa shape index (κ3) is 4.24. The first kappa shape index (κ1) is 19.7. The molecule has 0 bridgehead atoms. The fraction of sp³-hybridized carbons (Fsp3) is 0.333. The standard InChI is InChI=1S/C21H23FN2O4/c1-27-18-8-7-14(13-19(18)28-2)20(25)23-15-9-11-24(12-10-15)21(26)16-5-3-4-6-17(16)22/h3-8,13,15H,9-12H2,1-2H3,(H,23,25). The Morgan fingerprint density at radius 1 is 1.04 bits per heavy atom. The Morgan fingerprint density at radius 2 is 1.71 bits per heavy atom. The van der Waals surface area contributed by atoms with Crippen molar-refractivity contribution < 1.29 is 23.5 Å². The van der Waals surface area contributed by atoms with Crippen LogP contribution < -0.4 is 14.8 Å². The van der Waals surface area contributed by atoms with Gasteiger partial charge >= 0.3 is 0 Å². The average molecular weight is 386 g/mol. The maximum absolute atomic E-state index is 13.8. The molecule has 0 saturated carbocycles. The number of likely N-dealkylation sites (tertiary alicyclic amines) is 1. The van der Waals surface area contributed by atoms with Crippen LogP contribution in [0.2, 0.25) is 0 Å². The zero-order valence-corrected chi connectivity index (χ0v) is 15.9. The SMILES string of the molecule is COc1ccc(C(=O)NC2CCN(C(=O)c3ccccc3F)CC2)cc1OC. The molecular weight excluding hydrogens is 363 g/mol. The van der Waals surface area contributed by atoms with E-state index in [1.165, 1.54) is 26.4 Å². The minimum atomic E-state index is -0.517. The molecule has 1 aliphatic rings. The smallest absolute Gasteiger partial charge is 0.256 e. The predicted molar refractivity (Wildman–Crippen MR) is 102 cm³/mol. The number of nitrogens with zero attached hydrogens (tertiary/aromatic N) is 1. The molecule has 0 radical (unpaired) electrons. The third-order valence-electron chi connectivity index (χ3n) is 4.87. The normalized spacial score (nSPS) is 14.5. The molecular formula is C21H23FN2O4. The Bertz CT molecular complexity index is 863. The van der Waals surface area contributed by atoms with Crippen molar-refractivity contribution in [2.45, 2.75) is 18.9 Å². The molecule has 1 aliphatic heterocycles. The second kappa shape index (κ2) is 8.73. The van der Waals surface area contributed by atoms with Gasteiger partial charge in [0.15, 0.2) is 11.5 Å². The molecule has 148 valence electrons. The van der Waals surface area contributed by atoms with Crippen molar-refractivity contribution in [1.29, 1.82) is 0 Å². The monoisotopic (exact) mass is 386 g/mol. The van der Waals surface area contributed by atoms with Crippen LogP contribution in [0.25, 0.3) is 0 Å². The van der Waals surface area contributed by atoms with Gasteiger partial charge in [-0.25, -0.2) is 4.39 Å². The highest BCUT2D eigenvalue weighted by molar-refractivity contribution is 5.95. The predicted octanol–water partition coefficient (Wildman–Crippen LogP) is 2.88. The zero-order chi connectivity index (χ0) is 20.1. The number of carbonyl (C=O) groups is 2. The second-order valence-electron chi connectivity index (χ2n) is 6.59. The lowest BCUT2D eigenvalue weighted by Gasteiger charge is -2.32. The highest BCUT2D eigenvalue weighted by Gasteiger charge is 2.26. The zero-order valence-electron chi connectivity index (χ0n) is 15.9. The summed E-state index contributed by atoms with van der Waals surface area (Å²) in [5.74, 6) is -0.00144. The van der Waals surface area contributed by atoms with E-state index in [2.05, 4.69) is 5.32 Å². The van der Waals surface area contributed by atoms with E-state index in [4.69, 9.17) is 9.47 Å². The van der Waals surface area contributed by atoms with Gasteiger partial charge in [-0.05, 0) is 43.2 Å². The third-order valence-corrected chi connectivity index (χ3v) is 4.87. The summed E-state index contributed by atoms with van der Waals surface area (Å²) in [4.78, 5) is 26.6. The number of rotatable bonds is 5. The average Bonchev–Trinajstić information content (AvgIpc) is 2.73. The summed E-state index contributed by atoms with van der Waals surface area (Å²) in [6, 6.07) is 10.9. The molecule has 3 rings (SSSR count). The molecule has 28 heavy (non-hydrogen) atoms. The number of benzene rings is 2. The number of piperidine rings is 1. The Balaban J connectivity index is 1.58. The first-order valence-electron chi connectivity index (χ1n) is 9.10. The van der Waals surface area contributed by atoms with Gasteiger partial charge in [0.25, 0.3) is 11.8 Å². The van der Waals surface area contributed by atoms with Crippen LogP contribution in [0.15, 0.2) is 42.5 Å². The number of hydrogen-bond acceptors (Lipinski definition) is 4. The van der Waals surface area contributed by atoms with E-state index in [-0.39, 0.29) is 23.4 Å². The van der Waals surface area contributed by atoms with Gasteiger partial charge in [0.05, 0.1) is 19.8 Å². The van der Waals surface area contributed by atoms with Crippen molar-refractivity contribution in [3.63, 3.8) is 0 Å². The van der Waals surface area contributed by atoms with Gasteiger partial charge in [-0.1, -0.05) is 12.1 Å². The number of carbonyl (C=O) groups excluding carboxylic acids is 2. The molecule has 0 aliphatic carbocycles. The van der Waals surface area contributed by atoms with E-state index in [1.54, 1.807) is 35.2 Å². The summed E-state index contributed by atoms with van der Waals surface area (Å²) in [6.45, 7) is 0.925. The van der Waals surface area contributed by atoms with E-state index in [9.17, 15) is 14.0 Å². The molecule has 2 aromatic rings. The van der Waals surface area contributed by atoms with Crippen molar-refractivity contribution in [3.8, 4) is 11.5 Å². The number of nitrogens with one attached hydrogen (secondary N) is 1. The van der Waals surface area contributed by atoms with Gasteiger partial charge in [-0.15, -0.1) is 0 Å². The second-order valence-corrected chi connectivity index (χ2v) is 6.59. The van der Waals surface area contributed by atoms with E-state index in [0.717, 1.165) is 0 Å². The summed E-state index contributed by atoms with van der Waals surface area (Å²) in [5, 5.41) is 2.99. The number of ether oxygens (including phenoxy) is 2. The van der Waals surface area contributed by atoms with Gasteiger partial charge in [0.1, 0.15) is 5.82 Å². The number of amides is 2. The highest BCUT2D eigenvalue weighted by atomic mass is 19.1. The quantitative estimate of drug-likeness (QED) is 0.858. The largest absolute Gasteiger partial charge is 0.493 e. The van der Waals surface area contributed by atoms with Crippen LogP contribution in [0.5, 0.6) is 11.5 Å². The summed E-state index contributed by atoms with van der Waals surface area (Å²) in [6.07, 6.45) is 1.22. The van der Waals surface area contributed by atoms with E-state index in [0.29, 0.717) is 43.0 Å². The van der Waals surface area contributed by atoms with Gasteiger partial charge in [-0.2, -0.15) is 0 Å². The molecule has 0 spiro atoms. The first-order valence-corrected chi connectivity index (χ1v) is 9.10. The van der Waals surface area contributed by atoms with Crippen LogP contribution in [0.3, 0.4) is 0 Å². The molecule has 1 heterocycles. The van der Waals surface area contributed by atoms with Crippen LogP contribution in [0, 0.1) is 5.82 Å². The Hall–Kier alpha value is -3.09. The minimum absolute atomic E-state index is 0.0507. The summed E-state index contributed by atoms with van der Waals surface area (Å²) < 4.78 is 24.2. The Labute approximate surface area is 163 Å². The lowest BCUT2D eigenvalue weighted by atomic mass is 10.0. The molecule has 0 aromatic heterocycles. The van der Waals surface area contributed by atoms with Crippen molar-refractivity contribution in [2.75, 3.05) is 27.3 Å². The van der Waals surface area contributed by atoms with Crippen LogP contribution >= 0.6 is 0 Å². The molecule has 0 unspecified atom stereocenters. The molecule has 1 fully saturated rings. The number of hydrogen-bond donors (Lipinski definition) is 1. The molecule has 2 aromatic carbocycles. The fourth-order valence-electron chi connectivity index (χ4n) is 3.28. The van der Waals surface area contributed by atoms with Crippen molar-refractivity contribution in [2.24, 2.45) is 0 Å².